The number of piperazine rings is 1. The number of nitrogens with zero attached hydrogens (tertiary/aromatic N) is 1. The van der Waals surface area contributed by atoms with Crippen LogP contribution in [-0.4, -0.2) is 49.8 Å². The van der Waals surface area contributed by atoms with Gasteiger partial charge in [0.05, 0.1) is 6.61 Å². The van der Waals surface area contributed by atoms with Crippen LogP contribution in [0.25, 0.3) is 0 Å². The van der Waals surface area contributed by atoms with E-state index in [2.05, 4.69) is 24.1 Å². The molecule has 1 heterocycles. The maximum atomic E-state index is 5.76. The molecule has 1 aliphatic carbocycles. The summed E-state index contributed by atoms with van der Waals surface area (Å²) >= 11 is 0. The Bertz CT molecular complexity index is 244. The molecule has 0 bridgehead atoms. The maximum absolute atomic E-state index is 5.76. The molecule has 3 heteroatoms. The first kappa shape index (κ1) is 15.3. The molecule has 1 N–H and O–H groups in total. The van der Waals surface area contributed by atoms with Gasteiger partial charge in [-0.15, -0.1) is 0 Å². The first-order valence-electron chi connectivity index (χ1n) is 8.25. The van der Waals surface area contributed by atoms with Crippen LogP contribution in [0.15, 0.2) is 0 Å². The van der Waals surface area contributed by atoms with Crippen molar-refractivity contribution < 1.29 is 4.74 Å². The van der Waals surface area contributed by atoms with E-state index in [4.69, 9.17) is 4.74 Å². The largest absolute Gasteiger partial charge is 0.380 e. The fraction of sp³-hybridized carbons (Fsp3) is 1.00. The highest BCUT2D eigenvalue weighted by Gasteiger charge is 2.35. The van der Waals surface area contributed by atoms with E-state index in [-0.39, 0.29) is 0 Å². The summed E-state index contributed by atoms with van der Waals surface area (Å²) in [6, 6.07) is 0. The lowest BCUT2D eigenvalue weighted by molar-refractivity contribution is 0.0567. The van der Waals surface area contributed by atoms with Crippen molar-refractivity contribution in [2.45, 2.75) is 57.9 Å². The molecule has 112 valence electrons. The Morgan fingerprint density at radius 3 is 2.68 bits per heavy atom. The molecule has 2 fully saturated rings. The van der Waals surface area contributed by atoms with Gasteiger partial charge in [-0.05, 0) is 25.2 Å². The Morgan fingerprint density at radius 1 is 1.16 bits per heavy atom. The molecule has 3 nitrogen and oxygen atoms in total. The Balaban J connectivity index is 1.64. The summed E-state index contributed by atoms with van der Waals surface area (Å²) in [4.78, 5) is 2.61. The van der Waals surface area contributed by atoms with Crippen LogP contribution >= 0.6 is 0 Å². The lowest BCUT2D eigenvalue weighted by Gasteiger charge is -2.46. The first-order chi connectivity index (χ1) is 9.20. The number of hydrogen-bond donors (Lipinski definition) is 1. The summed E-state index contributed by atoms with van der Waals surface area (Å²) in [5.74, 6) is 0.754. The Kier molecular flexibility index (Phi) is 6.11. The summed E-state index contributed by atoms with van der Waals surface area (Å²) in [5.41, 5.74) is 0.439. The van der Waals surface area contributed by atoms with Crippen LogP contribution in [0.3, 0.4) is 0 Å². The molecule has 2 aliphatic rings. The summed E-state index contributed by atoms with van der Waals surface area (Å²) in [6.45, 7) is 11.0. The van der Waals surface area contributed by atoms with E-state index in [1.165, 1.54) is 51.6 Å². The number of ether oxygens (including phenoxy) is 1. The summed E-state index contributed by atoms with van der Waals surface area (Å²) in [5, 5.41) is 3.80. The van der Waals surface area contributed by atoms with Crippen LogP contribution in [0.1, 0.15) is 52.4 Å². The normalized spacial score (nSPS) is 24.2. The zero-order chi connectivity index (χ0) is 13.6. The van der Waals surface area contributed by atoms with Gasteiger partial charge >= 0.3 is 0 Å². The predicted molar refractivity (Wildman–Crippen MR) is 80.5 cm³/mol. The molecule has 1 saturated heterocycles. The number of hydrogen-bond acceptors (Lipinski definition) is 3. The molecule has 0 aromatic rings. The van der Waals surface area contributed by atoms with Crippen molar-refractivity contribution in [3.8, 4) is 0 Å². The maximum Gasteiger partial charge on any atom is 0.0593 e. The molecule has 0 aromatic carbocycles. The second kappa shape index (κ2) is 7.61. The van der Waals surface area contributed by atoms with Crippen LogP contribution in [0, 0.1) is 5.92 Å². The lowest BCUT2D eigenvalue weighted by Crippen LogP contribution is -2.61. The van der Waals surface area contributed by atoms with E-state index in [0.717, 1.165) is 32.2 Å². The average molecular weight is 268 g/mol. The first-order valence-corrected chi connectivity index (χ1v) is 8.25. The highest BCUT2D eigenvalue weighted by molar-refractivity contribution is 4.96. The van der Waals surface area contributed by atoms with Gasteiger partial charge < -0.3 is 10.1 Å². The third kappa shape index (κ3) is 5.05. The molecule has 0 radical (unpaired) electrons. The van der Waals surface area contributed by atoms with E-state index >= 15 is 0 Å². The van der Waals surface area contributed by atoms with Crippen molar-refractivity contribution >= 4 is 0 Å². The van der Waals surface area contributed by atoms with E-state index in [1.807, 2.05) is 0 Å². The molecular formula is C16H32N2O. The predicted octanol–water partition coefficient (Wildman–Crippen LogP) is 2.66. The Hall–Kier alpha value is -0.120. The number of nitrogens with one attached hydrogen (secondary N) is 1. The van der Waals surface area contributed by atoms with Gasteiger partial charge in [0.1, 0.15) is 0 Å². The second-order valence-corrected chi connectivity index (χ2v) is 6.84. The lowest BCUT2D eigenvalue weighted by atomic mass is 9.80. The van der Waals surface area contributed by atoms with Crippen molar-refractivity contribution in [3.05, 3.63) is 0 Å². The number of rotatable bonds is 6. The molecule has 1 spiro atoms. The van der Waals surface area contributed by atoms with Crippen molar-refractivity contribution in [1.29, 1.82) is 0 Å². The third-order valence-electron chi connectivity index (χ3n) is 4.66. The third-order valence-corrected chi connectivity index (χ3v) is 4.66. The van der Waals surface area contributed by atoms with E-state index in [9.17, 15) is 0 Å². The SMILES string of the molecule is CC(C)CCOCCN1CCNC2(CCCCC2)C1. The minimum absolute atomic E-state index is 0.439. The van der Waals surface area contributed by atoms with Gasteiger partial charge in [0.25, 0.3) is 0 Å². The Morgan fingerprint density at radius 2 is 1.95 bits per heavy atom. The molecule has 0 amide bonds. The second-order valence-electron chi connectivity index (χ2n) is 6.84. The molecule has 0 atom stereocenters. The quantitative estimate of drug-likeness (QED) is 0.750. The molecule has 0 unspecified atom stereocenters. The molecule has 2 rings (SSSR count). The van der Waals surface area contributed by atoms with Crippen LogP contribution in [0.4, 0.5) is 0 Å². The minimum Gasteiger partial charge on any atom is -0.380 e. The minimum atomic E-state index is 0.439. The van der Waals surface area contributed by atoms with Crippen molar-refractivity contribution in [1.82, 2.24) is 10.2 Å². The molecule has 0 aromatic heterocycles. The van der Waals surface area contributed by atoms with Gasteiger partial charge in [0.2, 0.25) is 0 Å². The highest BCUT2D eigenvalue weighted by atomic mass is 16.5. The van der Waals surface area contributed by atoms with Crippen LogP contribution in [0.2, 0.25) is 0 Å². The highest BCUT2D eigenvalue weighted by Crippen LogP contribution is 2.30. The van der Waals surface area contributed by atoms with Gasteiger partial charge in [-0.2, -0.15) is 0 Å². The average Bonchev–Trinajstić information content (AvgIpc) is 2.39. The van der Waals surface area contributed by atoms with Crippen molar-refractivity contribution in [2.75, 3.05) is 39.4 Å². The summed E-state index contributed by atoms with van der Waals surface area (Å²) in [6.07, 6.45) is 8.18. The van der Waals surface area contributed by atoms with Gasteiger partial charge in [-0.25, -0.2) is 0 Å². The Labute approximate surface area is 119 Å². The molecule has 19 heavy (non-hydrogen) atoms. The van der Waals surface area contributed by atoms with E-state index in [1.54, 1.807) is 0 Å². The standard InChI is InChI=1S/C16H32N2O/c1-15(2)6-12-19-13-11-18-10-9-17-16(14-18)7-4-3-5-8-16/h15,17H,3-14H2,1-2H3. The van der Waals surface area contributed by atoms with Gasteiger partial charge in [0.15, 0.2) is 0 Å². The van der Waals surface area contributed by atoms with Gasteiger partial charge in [0, 0.05) is 38.3 Å². The smallest absolute Gasteiger partial charge is 0.0593 e. The van der Waals surface area contributed by atoms with Gasteiger partial charge in [-0.3, -0.25) is 4.90 Å². The van der Waals surface area contributed by atoms with Crippen molar-refractivity contribution in [2.24, 2.45) is 5.92 Å². The zero-order valence-electron chi connectivity index (χ0n) is 12.9. The summed E-state index contributed by atoms with van der Waals surface area (Å²) < 4.78 is 5.76. The monoisotopic (exact) mass is 268 g/mol. The fourth-order valence-corrected chi connectivity index (χ4v) is 3.41. The fourth-order valence-electron chi connectivity index (χ4n) is 3.41. The van der Waals surface area contributed by atoms with E-state index in [0.29, 0.717) is 5.54 Å². The van der Waals surface area contributed by atoms with Crippen molar-refractivity contribution in [3.63, 3.8) is 0 Å². The molecule has 1 saturated carbocycles. The van der Waals surface area contributed by atoms with Crippen LogP contribution < -0.4 is 5.32 Å². The van der Waals surface area contributed by atoms with Gasteiger partial charge in [-0.1, -0.05) is 33.1 Å². The van der Waals surface area contributed by atoms with E-state index < -0.39 is 0 Å². The van der Waals surface area contributed by atoms with Crippen LogP contribution in [0.5, 0.6) is 0 Å². The topological polar surface area (TPSA) is 24.5 Å². The molecular weight excluding hydrogens is 236 g/mol. The van der Waals surface area contributed by atoms with Crippen LogP contribution in [-0.2, 0) is 4.74 Å². The zero-order valence-corrected chi connectivity index (χ0v) is 12.9. The molecule has 1 aliphatic heterocycles. The summed E-state index contributed by atoms with van der Waals surface area (Å²) in [7, 11) is 0.